The number of ether oxygens (including phenoxy) is 1. The number of aryl methyl sites for hydroxylation is 2. The number of benzene rings is 4. The first-order valence-corrected chi connectivity index (χ1v) is 14.7. The molecule has 0 aromatic heterocycles. The molecule has 5 rings (SSSR count). The highest BCUT2D eigenvalue weighted by Crippen LogP contribution is 2.44. The van der Waals surface area contributed by atoms with Crippen molar-refractivity contribution < 1.29 is 19.4 Å². The van der Waals surface area contributed by atoms with Gasteiger partial charge in [-0.05, 0) is 98.8 Å². The minimum atomic E-state index is -0.791. The zero-order valence-electron chi connectivity index (χ0n) is 25.4. The van der Waals surface area contributed by atoms with Crippen molar-refractivity contribution in [3.05, 3.63) is 130 Å². The van der Waals surface area contributed by atoms with Gasteiger partial charge in [-0.2, -0.15) is 0 Å². The van der Waals surface area contributed by atoms with E-state index in [0.29, 0.717) is 23.6 Å². The lowest BCUT2D eigenvalue weighted by molar-refractivity contribution is -0.132. The Morgan fingerprint density at radius 3 is 2.19 bits per heavy atom. The predicted octanol–water partition coefficient (Wildman–Crippen LogP) is 7.66. The number of anilines is 2. The Labute approximate surface area is 253 Å². The van der Waals surface area contributed by atoms with Crippen LogP contribution < -0.4 is 14.5 Å². The van der Waals surface area contributed by atoms with Crippen molar-refractivity contribution in [3.8, 4) is 5.75 Å². The number of hydrogen-bond acceptors (Lipinski definition) is 5. The standard InChI is InChI=1S/C37H38N2O4/c1-6-38(7-2)30-19-16-28(17-20-30)34-33(36(41)37(42)39(34)31-15-11-12-24(3)26(31)5)35(40)29-18-21-32(25(4)22-29)43-23-27-13-9-8-10-14-27/h8-22,34,40H,6-7,23H2,1-5H3/b35-33+. The van der Waals surface area contributed by atoms with Crippen LogP contribution in [-0.4, -0.2) is 29.9 Å². The molecular formula is C37H38N2O4. The second-order valence-electron chi connectivity index (χ2n) is 10.9. The van der Waals surface area contributed by atoms with E-state index in [4.69, 9.17) is 4.74 Å². The number of nitrogens with zero attached hydrogens (tertiary/aromatic N) is 2. The highest BCUT2D eigenvalue weighted by Gasteiger charge is 2.47. The molecule has 1 amide bonds. The predicted molar refractivity (Wildman–Crippen MR) is 173 cm³/mol. The van der Waals surface area contributed by atoms with Crippen molar-refractivity contribution in [2.75, 3.05) is 22.9 Å². The summed E-state index contributed by atoms with van der Waals surface area (Å²) in [7, 11) is 0. The zero-order valence-corrected chi connectivity index (χ0v) is 25.4. The van der Waals surface area contributed by atoms with Gasteiger partial charge in [-0.15, -0.1) is 0 Å². The number of ketones is 1. The first kappa shape index (κ1) is 29.6. The lowest BCUT2D eigenvalue weighted by Crippen LogP contribution is -2.30. The number of amides is 1. The Morgan fingerprint density at radius 2 is 1.53 bits per heavy atom. The van der Waals surface area contributed by atoms with E-state index in [-0.39, 0.29) is 11.3 Å². The van der Waals surface area contributed by atoms with Gasteiger partial charge >= 0.3 is 0 Å². The molecule has 0 spiro atoms. The molecule has 0 radical (unpaired) electrons. The summed E-state index contributed by atoms with van der Waals surface area (Å²) in [5.74, 6) is -0.896. The van der Waals surface area contributed by atoms with Crippen LogP contribution in [0.15, 0.2) is 96.6 Å². The number of aliphatic hydroxyl groups excluding tert-OH is 1. The third-order valence-corrected chi connectivity index (χ3v) is 8.30. The average Bonchev–Trinajstić information content (AvgIpc) is 3.28. The van der Waals surface area contributed by atoms with Crippen LogP contribution in [0.5, 0.6) is 5.75 Å². The van der Waals surface area contributed by atoms with E-state index in [9.17, 15) is 14.7 Å². The molecule has 1 unspecified atom stereocenters. The van der Waals surface area contributed by atoms with Crippen LogP contribution in [0.3, 0.4) is 0 Å². The van der Waals surface area contributed by atoms with Gasteiger partial charge in [0, 0.05) is 30.0 Å². The molecule has 6 heteroatoms. The van der Waals surface area contributed by atoms with Gasteiger partial charge in [0.05, 0.1) is 11.6 Å². The fourth-order valence-corrected chi connectivity index (χ4v) is 5.70. The average molecular weight is 575 g/mol. The maximum atomic E-state index is 13.7. The van der Waals surface area contributed by atoms with Crippen molar-refractivity contribution in [2.24, 2.45) is 0 Å². The fourth-order valence-electron chi connectivity index (χ4n) is 5.70. The van der Waals surface area contributed by atoms with Crippen molar-refractivity contribution in [1.29, 1.82) is 0 Å². The Kier molecular flexibility index (Phi) is 8.67. The summed E-state index contributed by atoms with van der Waals surface area (Å²) in [5.41, 5.74) is 6.75. The molecule has 0 saturated carbocycles. The molecule has 4 aromatic carbocycles. The normalized spacial score (nSPS) is 16.0. The molecule has 4 aromatic rings. The Hall–Kier alpha value is -4.84. The molecular weight excluding hydrogens is 536 g/mol. The molecule has 1 saturated heterocycles. The highest BCUT2D eigenvalue weighted by molar-refractivity contribution is 6.51. The van der Waals surface area contributed by atoms with Crippen LogP contribution in [0.25, 0.3) is 5.76 Å². The smallest absolute Gasteiger partial charge is 0.300 e. The first-order valence-electron chi connectivity index (χ1n) is 14.7. The van der Waals surface area contributed by atoms with Crippen LogP contribution in [0.4, 0.5) is 11.4 Å². The van der Waals surface area contributed by atoms with Crippen LogP contribution in [0, 0.1) is 20.8 Å². The molecule has 220 valence electrons. The van der Waals surface area contributed by atoms with E-state index >= 15 is 0 Å². The van der Waals surface area contributed by atoms with Crippen LogP contribution in [-0.2, 0) is 16.2 Å². The lowest BCUT2D eigenvalue weighted by Gasteiger charge is -2.28. The van der Waals surface area contributed by atoms with Gasteiger partial charge in [0.15, 0.2) is 0 Å². The topological polar surface area (TPSA) is 70.1 Å². The van der Waals surface area contributed by atoms with Gasteiger partial charge in [-0.3, -0.25) is 14.5 Å². The summed E-state index contributed by atoms with van der Waals surface area (Å²) in [4.78, 5) is 31.2. The number of rotatable bonds is 9. The Morgan fingerprint density at radius 1 is 0.837 bits per heavy atom. The summed E-state index contributed by atoms with van der Waals surface area (Å²) in [5, 5.41) is 11.7. The molecule has 6 nitrogen and oxygen atoms in total. The van der Waals surface area contributed by atoms with Crippen LogP contribution in [0.2, 0.25) is 0 Å². The van der Waals surface area contributed by atoms with Gasteiger partial charge in [-0.25, -0.2) is 0 Å². The van der Waals surface area contributed by atoms with Crippen molar-refractivity contribution in [1.82, 2.24) is 0 Å². The van der Waals surface area contributed by atoms with E-state index in [0.717, 1.165) is 46.6 Å². The zero-order chi connectivity index (χ0) is 30.7. The van der Waals surface area contributed by atoms with Crippen LogP contribution in [0.1, 0.15) is 53.3 Å². The molecule has 0 bridgehead atoms. The first-order chi connectivity index (χ1) is 20.7. The van der Waals surface area contributed by atoms with E-state index in [2.05, 4.69) is 18.7 Å². The van der Waals surface area contributed by atoms with Crippen LogP contribution >= 0.6 is 0 Å². The molecule has 1 aliphatic heterocycles. The number of Topliss-reactive ketones (excluding diaryl/α,β-unsaturated/α-hetero) is 1. The number of aliphatic hydroxyl groups is 1. The third-order valence-electron chi connectivity index (χ3n) is 8.30. The fraction of sp³-hybridized carbons (Fsp3) is 0.243. The molecule has 1 heterocycles. The van der Waals surface area contributed by atoms with E-state index in [1.165, 1.54) is 4.90 Å². The largest absolute Gasteiger partial charge is 0.507 e. The molecule has 1 N–H and O–H groups in total. The van der Waals surface area contributed by atoms with E-state index in [1.54, 1.807) is 18.2 Å². The number of carbonyl (C=O) groups excluding carboxylic acids is 2. The lowest BCUT2D eigenvalue weighted by atomic mass is 9.94. The van der Waals surface area contributed by atoms with Crippen molar-refractivity contribution in [2.45, 2.75) is 47.3 Å². The SMILES string of the molecule is CCN(CC)c1ccc(C2/C(=C(\O)c3ccc(OCc4ccccc4)c(C)c3)C(=O)C(=O)N2c2cccc(C)c2C)cc1. The summed E-state index contributed by atoms with van der Waals surface area (Å²) in [6.07, 6.45) is 0. The quantitative estimate of drug-likeness (QED) is 0.126. The summed E-state index contributed by atoms with van der Waals surface area (Å²) < 4.78 is 6.03. The maximum absolute atomic E-state index is 13.7. The Bertz CT molecular complexity index is 1670. The third kappa shape index (κ3) is 5.78. The van der Waals surface area contributed by atoms with Crippen molar-refractivity contribution >= 4 is 28.8 Å². The van der Waals surface area contributed by atoms with Gasteiger partial charge in [0.25, 0.3) is 11.7 Å². The molecule has 0 aliphatic carbocycles. The summed E-state index contributed by atoms with van der Waals surface area (Å²) in [6.45, 7) is 12.2. The molecule has 1 aliphatic rings. The summed E-state index contributed by atoms with van der Waals surface area (Å²) in [6, 6.07) is 28.0. The molecule has 1 atom stereocenters. The molecule has 1 fully saturated rings. The monoisotopic (exact) mass is 574 g/mol. The molecule has 43 heavy (non-hydrogen) atoms. The maximum Gasteiger partial charge on any atom is 0.300 e. The minimum Gasteiger partial charge on any atom is -0.507 e. The van der Waals surface area contributed by atoms with Gasteiger partial charge in [-0.1, -0.05) is 54.6 Å². The number of carbonyl (C=O) groups is 2. The van der Waals surface area contributed by atoms with E-state index < -0.39 is 17.7 Å². The highest BCUT2D eigenvalue weighted by atomic mass is 16.5. The van der Waals surface area contributed by atoms with Crippen molar-refractivity contribution in [3.63, 3.8) is 0 Å². The minimum absolute atomic E-state index is 0.0684. The Balaban J connectivity index is 1.59. The van der Waals surface area contributed by atoms with Gasteiger partial charge in [0.1, 0.15) is 18.1 Å². The second-order valence-corrected chi connectivity index (χ2v) is 10.9. The van der Waals surface area contributed by atoms with Gasteiger partial charge < -0.3 is 14.7 Å². The van der Waals surface area contributed by atoms with E-state index in [1.807, 2.05) is 93.6 Å². The van der Waals surface area contributed by atoms with Gasteiger partial charge in [0.2, 0.25) is 0 Å². The number of hydrogen-bond donors (Lipinski definition) is 1. The summed E-state index contributed by atoms with van der Waals surface area (Å²) >= 11 is 0. The second kappa shape index (κ2) is 12.6.